The molecule has 0 bridgehead atoms. The molecule has 3 aromatic rings. The van der Waals surface area contributed by atoms with Crippen molar-refractivity contribution in [2.45, 2.75) is 57.4 Å². The fourth-order valence-corrected chi connectivity index (χ4v) is 5.60. The molecule has 1 aliphatic carbocycles. The SMILES string of the molecule is Fc1ccc(-c2nc(N3CCCCC3)sc2-c2ccnc(NC3CCCCC3)n2)cc1. The van der Waals surface area contributed by atoms with Crippen LogP contribution >= 0.6 is 11.3 Å². The van der Waals surface area contributed by atoms with Crippen LogP contribution < -0.4 is 10.2 Å². The van der Waals surface area contributed by atoms with Crippen molar-refractivity contribution in [1.29, 1.82) is 0 Å². The first kappa shape index (κ1) is 20.4. The van der Waals surface area contributed by atoms with Crippen molar-refractivity contribution in [2.75, 3.05) is 23.3 Å². The number of nitrogens with zero attached hydrogens (tertiary/aromatic N) is 4. The lowest BCUT2D eigenvalue weighted by Gasteiger charge is -2.25. The monoisotopic (exact) mass is 437 g/mol. The van der Waals surface area contributed by atoms with Gasteiger partial charge in [-0.2, -0.15) is 0 Å². The maximum absolute atomic E-state index is 13.5. The number of rotatable bonds is 5. The van der Waals surface area contributed by atoms with Crippen LogP contribution in [-0.4, -0.2) is 34.1 Å². The highest BCUT2D eigenvalue weighted by molar-refractivity contribution is 7.19. The average Bonchev–Trinajstić information content (AvgIpc) is 3.27. The van der Waals surface area contributed by atoms with E-state index >= 15 is 0 Å². The molecule has 1 saturated heterocycles. The number of piperidine rings is 1. The number of nitrogens with one attached hydrogen (secondary N) is 1. The fourth-order valence-electron chi connectivity index (χ4n) is 4.49. The average molecular weight is 438 g/mol. The maximum Gasteiger partial charge on any atom is 0.223 e. The Morgan fingerprint density at radius 2 is 1.65 bits per heavy atom. The van der Waals surface area contributed by atoms with Crippen LogP contribution in [0.4, 0.5) is 15.5 Å². The first-order chi connectivity index (χ1) is 15.3. The largest absolute Gasteiger partial charge is 0.351 e. The summed E-state index contributed by atoms with van der Waals surface area (Å²) in [6, 6.07) is 8.99. The quantitative estimate of drug-likeness (QED) is 0.519. The Kier molecular flexibility index (Phi) is 6.11. The van der Waals surface area contributed by atoms with Crippen molar-refractivity contribution in [3.8, 4) is 21.8 Å². The van der Waals surface area contributed by atoms with Gasteiger partial charge in [0.1, 0.15) is 5.82 Å². The number of aromatic nitrogens is 3. The highest BCUT2D eigenvalue weighted by Crippen LogP contribution is 2.40. The first-order valence-corrected chi connectivity index (χ1v) is 12.2. The minimum atomic E-state index is -0.238. The lowest BCUT2D eigenvalue weighted by atomic mass is 9.96. The summed E-state index contributed by atoms with van der Waals surface area (Å²) < 4.78 is 13.5. The van der Waals surface area contributed by atoms with Crippen LogP contribution in [-0.2, 0) is 0 Å². The second-order valence-corrected chi connectivity index (χ2v) is 9.45. The van der Waals surface area contributed by atoms with E-state index in [9.17, 15) is 4.39 Å². The Balaban J connectivity index is 1.50. The van der Waals surface area contributed by atoms with Gasteiger partial charge in [-0.25, -0.2) is 19.3 Å². The molecule has 5 rings (SSSR count). The minimum absolute atomic E-state index is 0.238. The van der Waals surface area contributed by atoms with E-state index in [1.807, 2.05) is 12.3 Å². The molecule has 1 aromatic carbocycles. The van der Waals surface area contributed by atoms with Crippen molar-refractivity contribution in [3.05, 3.63) is 42.3 Å². The molecule has 7 heteroatoms. The van der Waals surface area contributed by atoms with Gasteiger partial charge in [-0.05, 0) is 62.4 Å². The Morgan fingerprint density at radius 1 is 0.903 bits per heavy atom. The van der Waals surface area contributed by atoms with Gasteiger partial charge in [-0.1, -0.05) is 30.6 Å². The predicted octanol–water partition coefficient (Wildman–Crippen LogP) is 6.14. The lowest BCUT2D eigenvalue weighted by Crippen LogP contribution is -2.29. The normalized spacial score (nSPS) is 17.6. The molecule has 5 nitrogen and oxygen atoms in total. The van der Waals surface area contributed by atoms with Gasteiger partial charge in [-0.15, -0.1) is 0 Å². The highest BCUT2D eigenvalue weighted by Gasteiger charge is 2.22. The van der Waals surface area contributed by atoms with E-state index in [1.54, 1.807) is 23.5 Å². The van der Waals surface area contributed by atoms with E-state index in [4.69, 9.17) is 9.97 Å². The second-order valence-electron chi connectivity index (χ2n) is 8.47. The van der Waals surface area contributed by atoms with Crippen LogP contribution in [0.5, 0.6) is 0 Å². The summed E-state index contributed by atoms with van der Waals surface area (Å²) in [4.78, 5) is 17.7. The molecule has 2 aromatic heterocycles. The van der Waals surface area contributed by atoms with E-state index in [2.05, 4.69) is 15.2 Å². The molecule has 0 spiro atoms. The van der Waals surface area contributed by atoms with Crippen LogP contribution in [0.15, 0.2) is 36.5 Å². The summed E-state index contributed by atoms with van der Waals surface area (Å²) in [5.41, 5.74) is 2.65. The second kappa shape index (κ2) is 9.30. The summed E-state index contributed by atoms with van der Waals surface area (Å²) in [6.07, 6.45) is 11.7. The van der Waals surface area contributed by atoms with Crippen LogP contribution in [0.25, 0.3) is 21.8 Å². The summed E-state index contributed by atoms with van der Waals surface area (Å²) in [6.45, 7) is 2.07. The molecule has 0 atom stereocenters. The number of thiazole rings is 1. The van der Waals surface area contributed by atoms with Crippen molar-refractivity contribution in [3.63, 3.8) is 0 Å². The molecule has 3 heterocycles. The number of benzene rings is 1. The number of halogens is 1. The maximum atomic E-state index is 13.5. The molecule has 1 saturated carbocycles. The molecule has 0 unspecified atom stereocenters. The Labute approximate surface area is 186 Å². The minimum Gasteiger partial charge on any atom is -0.351 e. The number of anilines is 2. The van der Waals surface area contributed by atoms with E-state index in [0.717, 1.165) is 40.0 Å². The van der Waals surface area contributed by atoms with Crippen LogP contribution in [0, 0.1) is 5.82 Å². The molecule has 0 amide bonds. The zero-order valence-corrected chi connectivity index (χ0v) is 18.5. The van der Waals surface area contributed by atoms with Gasteiger partial charge < -0.3 is 10.2 Å². The molecule has 31 heavy (non-hydrogen) atoms. The Hall–Kier alpha value is -2.54. The molecule has 162 valence electrons. The van der Waals surface area contributed by atoms with Crippen molar-refractivity contribution in [1.82, 2.24) is 15.0 Å². The summed E-state index contributed by atoms with van der Waals surface area (Å²) in [5, 5.41) is 4.55. The Morgan fingerprint density at radius 3 is 2.42 bits per heavy atom. The summed E-state index contributed by atoms with van der Waals surface area (Å²) in [7, 11) is 0. The van der Waals surface area contributed by atoms with Crippen LogP contribution in [0.2, 0.25) is 0 Å². The summed E-state index contributed by atoms with van der Waals surface area (Å²) >= 11 is 1.68. The first-order valence-electron chi connectivity index (χ1n) is 11.4. The number of hydrogen-bond acceptors (Lipinski definition) is 6. The van der Waals surface area contributed by atoms with Crippen molar-refractivity contribution >= 4 is 22.4 Å². The third-order valence-corrected chi connectivity index (χ3v) is 7.33. The van der Waals surface area contributed by atoms with Gasteiger partial charge >= 0.3 is 0 Å². The van der Waals surface area contributed by atoms with Crippen molar-refractivity contribution in [2.24, 2.45) is 0 Å². The lowest BCUT2D eigenvalue weighted by molar-refractivity contribution is 0.461. The smallest absolute Gasteiger partial charge is 0.223 e. The van der Waals surface area contributed by atoms with E-state index in [0.29, 0.717) is 12.0 Å². The Bertz CT molecular complexity index is 1010. The molecular weight excluding hydrogens is 409 g/mol. The molecular formula is C24H28FN5S. The van der Waals surface area contributed by atoms with Crippen LogP contribution in [0.1, 0.15) is 51.4 Å². The van der Waals surface area contributed by atoms with Gasteiger partial charge in [0.05, 0.1) is 16.3 Å². The molecule has 0 radical (unpaired) electrons. The van der Waals surface area contributed by atoms with Gasteiger partial charge in [0.25, 0.3) is 0 Å². The summed E-state index contributed by atoms with van der Waals surface area (Å²) in [5.74, 6) is 0.445. The van der Waals surface area contributed by atoms with E-state index in [-0.39, 0.29) is 5.82 Å². The van der Waals surface area contributed by atoms with Gasteiger partial charge in [0.2, 0.25) is 5.95 Å². The topological polar surface area (TPSA) is 53.9 Å². The van der Waals surface area contributed by atoms with E-state index < -0.39 is 0 Å². The zero-order valence-electron chi connectivity index (χ0n) is 17.7. The van der Waals surface area contributed by atoms with Crippen LogP contribution in [0.3, 0.4) is 0 Å². The third kappa shape index (κ3) is 4.71. The van der Waals surface area contributed by atoms with Gasteiger partial charge in [-0.3, -0.25) is 0 Å². The van der Waals surface area contributed by atoms with Gasteiger partial charge in [0, 0.05) is 30.9 Å². The molecule has 2 fully saturated rings. The van der Waals surface area contributed by atoms with E-state index in [1.165, 1.54) is 63.5 Å². The third-order valence-electron chi connectivity index (χ3n) is 6.19. The highest BCUT2D eigenvalue weighted by atomic mass is 32.1. The molecule has 1 aliphatic heterocycles. The zero-order chi connectivity index (χ0) is 21.0. The fraction of sp³-hybridized carbons (Fsp3) is 0.458. The van der Waals surface area contributed by atoms with Gasteiger partial charge in [0.15, 0.2) is 5.13 Å². The molecule has 1 N–H and O–H groups in total. The predicted molar refractivity (Wildman–Crippen MR) is 125 cm³/mol. The molecule has 2 aliphatic rings. The standard InChI is InChI=1S/C24H28FN5S/c25-18-11-9-17(10-12-18)21-22(31-24(29-21)30-15-5-2-6-16-30)20-13-14-26-23(28-20)27-19-7-3-1-4-8-19/h9-14,19H,1-8,15-16H2,(H,26,27,28). The van der Waals surface area contributed by atoms with Crippen molar-refractivity contribution < 1.29 is 4.39 Å². The number of hydrogen-bond donors (Lipinski definition) is 1.